The smallest absolute Gasteiger partial charge is 0.302 e. The Hall–Kier alpha value is -1.59. The van der Waals surface area contributed by atoms with E-state index in [1.54, 1.807) is 12.5 Å². The number of aryl methyl sites for hydroxylation is 1. The molecule has 0 saturated heterocycles. The number of hydrogen-bond acceptors (Lipinski definition) is 5. The predicted octanol–water partition coefficient (Wildman–Crippen LogP) is 3.50. The van der Waals surface area contributed by atoms with Crippen LogP contribution in [0.5, 0.6) is 0 Å². The number of aliphatic hydroxyl groups is 2. The summed E-state index contributed by atoms with van der Waals surface area (Å²) >= 11 is 0. The van der Waals surface area contributed by atoms with Gasteiger partial charge in [-0.3, -0.25) is 4.79 Å². The van der Waals surface area contributed by atoms with Crippen LogP contribution in [0.25, 0.3) is 0 Å². The summed E-state index contributed by atoms with van der Waals surface area (Å²) in [5.74, 6) is 0.118. The summed E-state index contributed by atoms with van der Waals surface area (Å²) in [6.07, 6.45) is 9.21. The first kappa shape index (κ1) is 20.2. The van der Waals surface area contributed by atoms with E-state index in [2.05, 4.69) is 13.8 Å². The van der Waals surface area contributed by atoms with E-state index >= 15 is 0 Å². The van der Waals surface area contributed by atoms with Gasteiger partial charge in [0.05, 0.1) is 30.7 Å². The van der Waals surface area contributed by atoms with Crippen molar-refractivity contribution in [3.63, 3.8) is 0 Å². The molecule has 150 valence electrons. The lowest BCUT2D eigenvalue weighted by Gasteiger charge is -2.60. The molecule has 5 atom stereocenters. The standard InChI is InChI=1S/C22H32O5/c1-15-11-20(25)22(14-27-16(2)24)18(12-23)5-4-6-19(22)21(15,3)9-7-17-8-10-26-13-17/h5,8,10,13,15,19-20,23,25H,4,6-7,9,11-12,14H2,1-3H3. The van der Waals surface area contributed by atoms with E-state index in [0.717, 1.165) is 31.3 Å². The molecule has 0 aromatic carbocycles. The number of allylic oxidation sites excluding steroid dienone is 1. The predicted molar refractivity (Wildman–Crippen MR) is 102 cm³/mol. The minimum absolute atomic E-state index is 0.0364. The summed E-state index contributed by atoms with van der Waals surface area (Å²) in [7, 11) is 0. The molecule has 1 aromatic rings. The molecule has 1 aromatic heterocycles. The fraction of sp³-hybridized carbons (Fsp3) is 0.682. The number of esters is 1. The molecular formula is C22H32O5. The van der Waals surface area contributed by atoms with Crippen molar-refractivity contribution in [1.82, 2.24) is 0 Å². The Labute approximate surface area is 161 Å². The molecule has 5 nitrogen and oxygen atoms in total. The summed E-state index contributed by atoms with van der Waals surface area (Å²) < 4.78 is 10.7. The van der Waals surface area contributed by atoms with E-state index in [0.29, 0.717) is 12.3 Å². The lowest BCUT2D eigenvalue weighted by atomic mass is 9.45. The third kappa shape index (κ3) is 3.47. The lowest BCUT2D eigenvalue weighted by Crippen LogP contribution is -2.60. The van der Waals surface area contributed by atoms with E-state index in [4.69, 9.17) is 9.15 Å². The van der Waals surface area contributed by atoms with E-state index in [9.17, 15) is 15.0 Å². The van der Waals surface area contributed by atoms with Crippen molar-refractivity contribution in [2.45, 2.75) is 59.0 Å². The Morgan fingerprint density at radius 3 is 2.85 bits per heavy atom. The summed E-state index contributed by atoms with van der Waals surface area (Å²) in [6.45, 7) is 5.94. The number of aliphatic hydroxyl groups excluding tert-OH is 2. The highest BCUT2D eigenvalue weighted by atomic mass is 16.5. The molecule has 0 bridgehead atoms. The van der Waals surface area contributed by atoms with Crippen LogP contribution in [0.15, 0.2) is 34.7 Å². The molecule has 27 heavy (non-hydrogen) atoms. The molecule has 0 spiro atoms. The van der Waals surface area contributed by atoms with E-state index in [1.165, 1.54) is 12.5 Å². The molecule has 2 aliphatic rings. The molecule has 3 rings (SSSR count). The minimum atomic E-state index is -0.698. The molecular weight excluding hydrogens is 344 g/mol. The van der Waals surface area contributed by atoms with Crippen molar-refractivity contribution in [3.05, 3.63) is 35.8 Å². The van der Waals surface area contributed by atoms with Crippen LogP contribution in [0.1, 0.15) is 52.0 Å². The molecule has 2 N–H and O–H groups in total. The first-order chi connectivity index (χ1) is 12.8. The number of rotatable bonds is 6. The third-order valence-electron chi connectivity index (χ3n) is 7.38. The Morgan fingerprint density at radius 1 is 1.44 bits per heavy atom. The van der Waals surface area contributed by atoms with Gasteiger partial charge in [0.25, 0.3) is 0 Å². The maximum absolute atomic E-state index is 11.6. The van der Waals surface area contributed by atoms with E-state index in [1.807, 2.05) is 12.1 Å². The number of furan rings is 1. The van der Waals surface area contributed by atoms with Crippen LogP contribution in [0.4, 0.5) is 0 Å². The number of ether oxygens (including phenoxy) is 1. The van der Waals surface area contributed by atoms with Crippen LogP contribution in [0.2, 0.25) is 0 Å². The molecule has 5 unspecified atom stereocenters. The zero-order valence-corrected chi connectivity index (χ0v) is 16.6. The van der Waals surface area contributed by atoms with Gasteiger partial charge < -0.3 is 19.4 Å². The summed E-state index contributed by atoms with van der Waals surface area (Å²) in [6, 6.07) is 2.00. The van der Waals surface area contributed by atoms with Gasteiger partial charge in [0.15, 0.2) is 0 Å². The van der Waals surface area contributed by atoms with Crippen molar-refractivity contribution in [2.24, 2.45) is 22.7 Å². The Balaban J connectivity index is 1.97. The van der Waals surface area contributed by atoms with Crippen molar-refractivity contribution in [1.29, 1.82) is 0 Å². The summed E-state index contributed by atoms with van der Waals surface area (Å²) in [5.41, 5.74) is 1.27. The zero-order chi connectivity index (χ0) is 19.7. The van der Waals surface area contributed by atoms with Gasteiger partial charge in [0, 0.05) is 6.92 Å². The monoisotopic (exact) mass is 376 g/mol. The van der Waals surface area contributed by atoms with E-state index < -0.39 is 11.5 Å². The van der Waals surface area contributed by atoms with Gasteiger partial charge in [-0.15, -0.1) is 0 Å². The molecule has 1 fully saturated rings. The zero-order valence-electron chi connectivity index (χ0n) is 16.6. The molecule has 2 aliphatic carbocycles. The number of carbonyl (C=O) groups is 1. The van der Waals surface area contributed by atoms with Crippen LogP contribution in [-0.4, -0.2) is 35.5 Å². The van der Waals surface area contributed by atoms with Crippen LogP contribution < -0.4 is 0 Å². The highest BCUT2D eigenvalue weighted by molar-refractivity contribution is 5.66. The molecule has 1 heterocycles. The largest absolute Gasteiger partial charge is 0.472 e. The van der Waals surface area contributed by atoms with E-state index in [-0.39, 0.29) is 30.5 Å². The topological polar surface area (TPSA) is 79.9 Å². The molecule has 5 heteroatoms. The second-order valence-electron chi connectivity index (χ2n) is 8.63. The van der Waals surface area contributed by atoms with Gasteiger partial charge in [-0.2, -0.15) is 0 Å². The number of hydrogen-bond donors (Lipinski definition) is 2. The molecule has 1 saturated carbocycles. The Kier molecular flexibility index (Phi) is 5.82. The van der Waals surface area contributed by atoms with Crippen molar-refractivity contribution >= 4 is 5.97 Å². The van der Waals surface area contributed by atoms with Gasteiger partial charge in [-0.25, -0.2) is 0 Å². The first-order valence-electron chi connectivity index (χ1n) is 9.97. The second-order valence-corrected chi connectivity index (χ2v) is 8.63. The highest BCUT2D eigenvalue weighted by Gasteiger charge is 2.60. The van der Waals surface area contributed by atoms with Gasteiger partial charge in [-0.05, 0) is 66.6 Å². The first-order valence-corrected chi connectivity index (χ1v) is 9.97. The highest BCUT2D eigenvalue weighted by Crippen LogP contribution is 2.62. The van der Waals surface area contributed by atoms with Crippen LogP contribution in [0, 0.1) is 22.7 Å². The summed E-state index contributed by atoms with van der Waals surface area (Å²) in [4.78, 5) is 11.6. The fourth-order valence-corrected chi connectivity index (χ4v) is 5.61. The Bertz CT molecular complexity index is 679. The van der Waals surface area contributed by atoms with Crippen molar-refractivity contribution < 1.29 is 24.2 Å². The normalized spacial score (nSPS) is 36.0. The number of fused-ring (bicyclic) bond motifs is 1. The van der Waals surface area contributed by atoms with Crippen molar-refractivity contribution in [3.8, 4) is 0 Å². The van der Waals surface area contributed by atoms with Gasteiger partial charge in [-0.1, -0.05) is 19.9 Å². The van der Waals surface area contributed by atoms with Crippen LogP contribution in [0.3, 0.4) is 0 Å². The second kappa shape index (κ2) is 7.80. The third-order valence-corrected chi connectivity index (χ3v) is 7.38. The lowest BCUT2D eigenvalue weighted by molar-refractivity contribution is -0.173. The SMILES string of the molecule is CC(=O)OCC12C(CO)=CCCC1C(C)(CCc1ccoc1)C(C)CC2O. The maximum atomic E-state index is 11.6. The molecule has 0 aliphatic heterocycles. The average Bonchev–Trinajstić information content (AvgIpc) is 3.16. The fourth-order valence-electron chi connectivity index (χ4n) is 5.61. The maximum Gasteiger partial charge on any atom is 0.302 e. The number of carbonyl (C=O) groups excluding carboxylic acids is 1. The van der Waals surface area contributed by atoms with Gasteiger partial charge >= 0.3 is 5.97 Å². The quantitative estimate of drug-likeness (QED) is 0.587. The average molecular weight is 376 g/mol. The van der Waals surface area contributed by atoms with Crippen LogP contribution >= 0.6 is 0 Å². The van der Waals surface area contributed by atoms with Gasteiger partial charge in [0.1, 0.15) is 6.61 Å². The Morgan fingerprint density at radius 2 is 2.22 bits per heavy atom. The van der Waals surface area contributed by atoms with Gasteiger partial charge in [0.2, 0.25) is 0 Å². The minimum Gasteiger partial charge on any atom is -0.472 e. The molecule has 0 radical (unpaired) electrons. The molecule has 0 amide bonds. The summed E-state index contributed by atoms with van der Waals surface area (Å²) in [5, 5.41) is 21.2. The van der Waals surface area contributed by atoms with Crippen LogP contribution in [-0.2, 0) is 16.0 Å². The van der Waals surface area contributed by atoms with Crippen molar-refractivity contribution in [2.75, 3.05) is 13.2 Å².